The molecule has 1 fully saturated rings. The first-order valence-corrected chi connectivity index (χ1v) is 5.32. The van der Waals surface area contributed by atoms with Crippen molar-refractivity contribution >= 4 is 0 Å². The van der Waals surface area contributed by atoms with Gasteiger partial charge in [-0.05, 0) is 55.6 Å². The number of benzene rings is 1. The van der Waals surface area contributed by atoms with Gasteiger partial charge < -0.3 is 10.1 Å². The zero-order valence-corrected chi connectivity index (χ0v) is 8.92. The van der Waals surface area contributed by atoms with Crippen LogP contribution in [-0.4, -0.2) is 20.2 Å². The first-order chi connectivity index (χ1) is 7.29. The fraction of sp³-hybridized carbons (Fsp3) is 0.500. The number of halogens is 1. The Labute approximate surface area is 89.4 Å². The van der Waals surface area contributed by atoms with Crippen LogP contribution in [0.25, 0.3) is 0 Å². The van der Waals surface area contributed by atoms with E-state index in [9.17, 15) is 4.39 Å². The molecule has 0 aliphatic carbocycles. The van der Waals surface area contributed by atoms with Gasteiger partial charge in [-0.1, -0.05) is 0 Å². The normalized spacial score (nSPS) is 16.1. The third-order valence-electron chi connectivity index (χ3n) is 2.93. The highest BCUT2D eigenvalue weighted by Gasteiger charge is 2.17. The van der Waals surface area contributed by atoms with Gasteiger partial charge in [0, 0.05) is 0 Å². The van der Waals surface area contributed by atoms with Crippen molar-refractivity contribution in [2.75, 3.05) is 20.2 Å². The van der Waals surface area contributed by atoms with E-state index in [1.807, 2.05) is 0 Å². The number of rotatable bonds is 4. The fourth-order valence-corrected chi connectivity index (χ4v) is 1.85. The highest BCUT2D eigenvalue weighted by atomic mass is 19.1. The molecule has 1 aromatic rings. The maximum atomic E-state index is 13.0. The van der Waals surface area contributed by atoms with Crippen LogP contribution < -0.4 is 10.1 Å². The summed E-state index contributed by atoms with van der Waals surface area (Å²) in [5.74, 6) is 1.36. The minimum absolute atomic E-state index is 0.183. The van der Waals surface area contributed by atoms with Crippen LogP contribution in [0.1, 0.15) is 12.0 Å². The second kappa shape index (κ2) is 4.62. The van der Waals surface area contributed by atoms with Crippen molar-refractivity contribution in [1.29, 1.82) is 0 Å². The molecule has 1 N–H and O–H groups in total. The summed E-state index contributed by atoms with van der Waals surface area (Å²) in [5.41, 5.74) is 0.976. The topological polar surface area (TPSA) is 21.3 Å². The molecule has 1 aromatic carbocycles. The average molecular weight is 209 g/mol. The fourth-order valence-electron chi connectivity index (χ4n) is 1.85. The number of methoxy groups -OCH3 is 1. The van der Waals surface area contributed by atoms with Gasteiger partial charge in [0.25, 0.3) is 0 Å². The Hall–Kier alpha value is -1.09. The highest BCUT2D eigenvalue weighted by Crippen LogP contribution is 2.23. The largest absolute Gasteiger partial charge is 0.496 e. The van der Waals surface area contributed by atoms with Crippen LogP contribution in [-0.2, 0) is 6.42 Å². The van der Waals surface area contributed by atoms with Gasteiger partial charge in [-0.15, -0.1) is 0 Å². The van der Waals surface area contributed by atoms with Gasteiger partial charge in [0.05, 0.1) is 7.11 Å². The molecular formula is C12H16FNO. The molecule has 0 saturated carbocycles. The van der Waals surface area contributed by atoms with Gasteiger partial charge in [0.15, 0.2) is 0 Å². The number of nitrogens with one attached hydrogen (secondary N) is 1. The Bertz CT molecular complexity index is 336. The Morgan fingerprint density at radius 1 is 1.47 bits per heavy atom. The summed E-state index contributed by atoms with van der Waals surface area (Å²) in [6, 6.07) is 4.71. The molecule has 0 radical (unpaired) electrons. The Morgan fingerprint density at radius 3 is 2.87 bits per heavy atom. The standard InChI is InChI=1S/C12H16FNO/c1-15-12-5-4-11(13)6-10(12)3-2-9-7-14-8-9/h4-6,9,14H,2-3,7-8H2,1H3. The van der Waals surface area contributed by atoms with E-state index in [1.54, 1.807) is 19.2 Å². The Balaban J connectivity index is 2.00. The van der Waals surface area contributed by atoms with Crippen LogP contribution in [0.2, 0.25) is 0 Å². The van der Waals surface area contributed by atoms with Gasteiger partial charge in [-0.3, -0.25) is 0 Å². The Morgan fingerprint density at radius 2 is 2.27 bits per heavy atom. The van der Waals surface area contributed by atoms with E-state index in [4.69, 9.17) is 4.74 Å². The van der Waals surface area contributed by atoms with Gasteiger partial charge in [-0.25, -0.2) is 4.39 Å². The van der Waals surface area contributed by atoms with Crippen molar-refractivity contribution in [2.24, 2.45) is 5.92 Å². The van der Waals surface area contributed by atoms with E-state index < -0.39 is 0 Å². The molecule has 15 heavy (non-hydrogen) atoms. The SMILES string of the molecule is COc1ccc(F)cc1CCC1CNC1. The van der Waals surface area contributed by atoms with Gasteiger partial charge in [0.1, 0.15) is 11.6 Å². The molecule has 2 nitrogen and oxygen atoms in total. The number of aryl methyl sites for hydroxylation is 1. The minimum Gasteiger partial charge on any atom is -0.496 e. The van der Waals surface area contributed by atoms with E-state index in [1.165, 1.54) is 6.07 Å². The second-order valence-corrected chi connectivity index (χ2v) is 4.02. The lowest BCUT2D eigenvalue weighted by Gasteiger charge is -2.27. The molecule has 1 heterocycles. The summed E-state index contributed by atoms with van der Waals surface area (Å²) in [7, 11) is 1.63. The quantitative estimate of drug-likeness (QED) is 0.818. The van der Waals surface area contributed by atoms with Crippen molar-refractivity contribution in [1.82, 2.24) is 5.32 Å². The van der Waals surface area contributed by atoms with Gasteiger partial charge >= 0.3 is 0 Å². The minimum atomic E-state index is -0.183. The molecule has 1 saturated heterocycles. The summed E-state index contributed by atoms with van der Waals surface area (Å²) < 4.78 is 18.2. The molecule has 0 amide bonds. The van der Waals surface area contributed by atoms with Crippen LogP contribution in [0, 0.1) is 11.7 Å². The molecule has 1 aliphatic rings. The maximum Gasteiger partial charge on any atom is 0.123 e. The highest BCUT2D eigenvalue weighted by molar-refractivity contribution is 5.34. The molecule has 82 valence electrons. The number of hydrogen-bond acceptors (Lipinski definition) is 2. The monoisotopic (exact) mass is 209 g/mol. The summed E-state index contributed by atoms with van der Waals surface area (Å²) in [6.07, 6.45) is 2.00. The van der Waals surface area contributed by atoms with E-state index in [0.717, 1.165) is 43.2 Å². The predicted octanol–water partition coefficient (Wildman–Crippen LogP) is 1.99. The lowest BCUT2D eigenvalue weighted by molar-refractivity contribution is 0.325. The molecule has 0 unspecified atom stereocenters. The summed E-state index contributed by atoms with van der Waals surface area (Å²) in [4.78, 5) is 0. The zero-order chi connectivity index (χ0) is 10.7. The van der Waals surface area contributed by atoms with Crippen LogP contribution in [0.5, 0.6) is 5.75 Å². The van der Waals surface area contributed by atoms with Crippen LogP contribution in [0.4, 0.5) is 4.39 Å². The molecular weight excluding hydrogens is 193 g/mol. The van der Waals surface area contributed by atoms with Crippen molar-refractivity contribution in [3.63, 3.8) is 0 Å². The van der Waals surface area contributed by atoms with E-state index in [2.05, 4.69) is 5.32 Å². The molecule has 2 rings (SSSR count). The zero-order valence-electron chi connectivity index (χ0n) is 8.92. The summed E-state index contributed by atoms with van der Waals surface area (Å²) in [5, 5.41) is 3.23. The first kappa shape index (κ1) is 10.4. The third kappa shape index (κ3) is 2.48. The molecule has 0 atom stereocenters. The van der Waals surface area contributed by atoms with Crippen LogP contribution in [0.3, 0.4) is 0 Å². The number of ether oxygens (including phenoxy) is 1. The molecule has 0 bridgehead atoms. The van der Waals surface area contributed by atoms with E-state index in [-0.39, 0.29) is 5.82 Å². The van der Waals surface area contributed by atoms with Gasteiger partial charge in [-0.2, -0.15) is 0 Å². The average Bonchev–Trinajstić information content (AvgIpc) is 2.16. The van der Waals surface area contributed by atoms with Crippen molar-refractivity contribution in [2.45, 2.75) is 12.8 Å². The molecule has 0 spiro atoms. The van der Waals surface area contributed by atoms with Crippen molar-refractivity contribution < 1.29 is 9.13 Å². The lowest BCUT2D eigenvalue weighted by atomic mass is 9.94. The van der Waals surface area contributed by atoms with E-state index in [0.29, 0.717) is 0 Å². The number of hydrogen-bond donors (Lipinski definition) is 1. The Kier molecular flexibility index (Phi) is 3.21. The molecule has 1 aliphatic heterocycles. The van der Waals surface area contributed by atoms with Gasteiger partial charge in [0.2, 0.25) is 0 Å². The smallest absolute Gasteiger partial charge is 0.123 e. The van der Waals surface area contributed by atoms with E-state index >= 15 is 0 Å². The predicted molar refractivity (Wildman–Crippen MR) is 57.6 cm³/mol. The molecule has 0 aromatic heterocycles. The lowest BCUT2D eigenvalue weighted by Crippen LogP contribution is -2.42. The third-order valence-corrected chi connectivity index (χ3v) is 2.93. The van der Waals surface area contributed by atoms with Crippen LogP contribution >= 0.6 is 0 Å². The summed E-state index contributed by atoms with van der Waals surface area (Å²) >= 11 is 0. The maximum absolute atomic E-state index is 13.0. The summed E-state index contributed by atoms with van der Waals surface area (Å²) in [6.45, 7) is 2.19. The van der Waals surface area contributed by atoms with Crippen molar-refractivity contribution in [3.8, 4) is 5.75 Å². The molecule has 3 heteroatoms. The second-order valence-electron chi connectivity index (χ2n) is 4.02. The van der Waals surface area contributed by atoms with Crippen molar-refractivity contribution in [3.05, 3.63) is 29.6 Å². The van der Waals surface area contributed by atoms with Crippen LogP contribution in [0.15, 0.2) is 18.2 Å². The first-order valence-electron chi connectivity index (χ1n) is 5.32.